The molecule has 2 atom stereocenters. The molecule has 5 heteroatoms. The van der Waals surface area contributed by atoms with Crippen molar-refractivity contribution >= 4 is 11.9 Å². The zero-order valence-electron chi connectivity index (χ0n) is 11.7. The third-order valence-corrected chi connectivity index (χ3v) is 3.61. The van der Waals surface area contributed by atoms with Gasteiger partial charge in [-0.2, -0.15) is 0 Å². The predicted molar refractivity (Wildman–Crippen MR) is 78.4 cm³/mol. The Hall–Kier alpha value is -2.30. The molecule has 2 rings (SSSR count). The number of carboxylic acids is 1. The lowest BCUT2D eigenvalue weighted by molar-refractivity contribution is -0.141. The Balaban J connectivity index is 2.00. The van der Waals surface area contributed by atoms with Crippen LogP contribution in [0, 0.1) is 5.92 Å². The number of aliphatic carboxylic acids is 1. The molecule has 1 aliphatic rings. The highest BCUT2D eigenvalue weighted by molar-refractivity contribution is 5.97. The summed E-state index contributed by atoms with van der Waals surface area (Å²) in [5.74, 6) is -0.877. The maximum atomic E-state index is 12.3. The summed E-state index contributed by atoms with van der Waals surface area (Å²) in [4.78, 5) is 23.2. The molecule has 0 bridgehead atoms. The van der Waals surface area contributed by atoms with Crippen LogP contribution in [0.4, 0.5) is 0 Å². The fourth-order valence-electron chi connectivity index (χ4n) is 2.53. The first-order valence-corrected chi connectivity index (χ1v) is 6.98. The third kappa shape index (κ3) is 3.84. The van der Waals surface area contributed by atoms with Gasteiger partial charge >= 0.3 is 5.97 Å². The summed E-state index contributed by atoms with van der Waals surface area (Å²) in [5, 5.41) is 11.9. The number of carboxylic acid groups (broad SMARTS) is 1. The first kappa shape index (κ1) is 15.1. The summed E-state index contributed by atoms with van der Waals surface area (Å²) < 4.78 is 5.46. The number of carbonyl (C=O) groups is 2. The Kier molecular flexibility index (Phi) is 4.98. The molecule has 112 valence electrons. The number of hydrogen-bond donors (Lipinski definition) is 2. The molecule has 0 radical (unpaired) electrons. The standard InChI is InChI=1S/C16H19NO4/c1-2-9-21-14-6-4-3-5-13(14)15(18)17-12-8-7-11(10-12)16(19)20/h2-6,11-12H,1,7-10H2,(H,17,18)(H,19,20). The maximum Gasteiger partial charge on any atom is 0.306 e. The van der Waals surface area contributed by atoms with E-state index >= 15 is 0 Å². The van der Waals surface area contributed by atoms with Crippen molar-refractivity contribution in [3.63, 3.8) is 0 Å². The fraction of sp³-hybridized carbons (Fsp3) is 0.375. The van der Waals surface area contributed by atoms with Crippen LogP contribution in [0.3, 0.4) is 0 Å². The zero-order valence-corrected chi connectivity index (χ0v) is 11.7. The molecule has 1 aliphatic carbocycles. The van der Waals surface area contributed by atoms with E-state index in [-0.39, 0.29) is 17.9 Å². The second kappa shape index (κ2) is 6.92. The van der Waals surface area contributed by atoms with E-state index in [1.165, 1.54) is 0 Å². The summed E-state index contributed by atoms with van der Waals surface area (Å²) in [6.45, 7) is 3.91. The second-order valence-electron chi connectivity index (χ2n) is 5.11. The Morgan fingerprint density at radius 1 is 1.38 bits per heavy atom. The van der Waals surface area contributed by atoms with Crippen molar-refractivity contribution in [3.05, 3.63) is 42.5 Å². The van der Waals surface area contributed by atoms with Gasteiger partial charge in [0.25, 0.3) is 5.91 Å². The molecule has 0 heterocycles. The number of benzene rings is 1. The molecule has 1 fully saturated rings. The van der Waals surface area contributed by atoms with E-state index in [2.05, 4.69) is 11.9 Å². The molecule has 0 aliphatic heterocycles. The quantitative estimate of drug-likeness (QED) is 0.787. The van der Waals surface area contributed by atoms with Gasteiger partial charge in [-0.05, 0) is 31.4 Å². The molecule has 21 heavy (non-hydrogen) atoms. The molecule has 1 amide bonds. The number of carbonyl (C=O) groups excluding carboxylic acids is 1. The Morgan fingerprint density at radius 3 is 2.81 bits per heavy atom. The number of ether oxygens (including phenoxy) is 1. The van der Waals surface area contributed by atoms with Gasteiger partial charge in [0.05, 0.1) is 11.5 Å². The van der Waals surface area contributed by atoms with Gasteiger partial charge in [0.2, 0.25) is 0 Å². The molecule has 0 spiro atoms. The van der Waals surface area contributed by atoms with E-state index in [9.17, 15) is 9.59 Å². The highest BCUT2D eigenvalue weighted by Crippen LogP contribution is 2.26. The normalized spacial score (nSPS) is 20.8. The van der Waals surface area contributed by atoms with Crippen LogP contribution in [-0.4, -0.2) is 29.6 Å². The Morgan fingerprint density at radius 2 is 2.14 bits per heavy atom. The number of para-hydroxylation sites is 1. The SMILES string of the molecule is C=CCOc1ccccc1C(=O)NC1CCC(C(=O)O)C1. The average molecular weight is 289 g/mol. The molecular formula is C16H19NO4. The van der Waals surface area contributed by atoms with E-state index in [4.69, 9.17) is 9.84 Å². The summed E-state index contributed by atoms with van der Waals surface area (Å²) in [7, 11) is 0. The molecular weight excluding hydrogens is 270 g/mol. The van der Waals surface area contributed by atoms with Gasteiger partial charge in [-0.15, -0.1) is 0 Å². The van der Waals surface area contributed by atoms with Gasteiger partial charge in [0, 0.05) is 6.04 Å². The smallest absolute Gasteiger partial charge is 0.306 e. The van der Waals surface area contributed by atoms with Gasteiger partial charge < -0.3 is 15.2 Å². The monoisotopic (exact) mass is 289 g/mol. The third-order valence-electron chi connectivity index (χ3n) is 3.61. The van der Waals surface area contributed by atoms with E-state index in [0.29, 0.717) is 37.2 Å². The van der Waals surface area contributed by atoms with E-state index < -0.39 is 5.97 Å². The van der Waals surface area contributed by atoms with Crippen LogP contribution in [0.1, 0.15) is 29.6 Å². The molecule has 1 aromatic carbocycles. The molecule has 1 saturated carbocycles. The van der Waals surface area contributed by atoms with Crippen molar-refractivity contribution in [1.82, 2.24) is 5.32 Å². The number of nitrogens with one attached hydrogen (secondary N) is 1. The van der Waals surface area contributed by atoms with Gasteiger partial charge in [0.1, 0.15) is 12.4 Å². The van der Waals surface area contributed by atoms with Crippen molar-refractivity contribution in [1.29, 1.82) is 0 Å². The van der Waals surface area contributed by atoms with Crippen molar-refractivity contribution in [2.24, 2.45) is 5.92 Å². The Bertz CT molecular complexity index is 541. The van der Waals surface area contributed by atoms with Crippen LogP contribution in [0.25, 0.3) is 0 Å². The molecule has 2 unspecified atom stereocenters. The van der Waals surface area contributed by atoms with Crippen LogP contribution < -0.4 is 10.1 Å². The van der Waals surface area contributed by atoms with Gasteiger partial charge in [0.15, 0.2) is 0 Å². The molecule has 1 aromatic rings. The molecule has 0 saturated heterocycles. The lowest BCUT2D eigenvalue weighted by Gasteiger charge is -2.14. The Labute approximate surface area is 123 Å². The van der Waals surface area contributed by atoms with Crippen LogP contribution >= 0.6 is 0 Å². The number of rotatable bonds is 6. The molecule has 5 nitrogen and oxygen atoms in total. The van der Waals surface area contributed by atoms with Crippen molar-refractivity contribution < 1.29 is 19.4 Å². The van der Waals surface area contributed by atoms with Crippen LogP contribution in [0.5, 0.6) is 5.75 Å². The van der Waals surface area contributed by atoms with E-state index in [0.717, 1.165) is 0 Å². The van der Waals surface area contributed by atoms with Crippen molar-refractivity contribution in [2.45, 2.75) is 25.3 Å². The van der Waals surface area contributed by atoms with Gasteiger partial charge in [-0.3, -0.25) is 9.59 Å². The summed E-state index contributed by atoms with van der Waals surface area (Å²) in [5.41, 5.74) is 0.457. The summed E-state index contributed by atoms with van der Waals surface area (Å²) in [6, 6.07) is 6.89. The predicted octanol–water partition coefficient (Wildman–Crippen LogP) is 2.23. The molecule has 2 N–H and O–H groups in total. The topological polar surface area (TPSA) is 75.6 Å². The van der Waals surface area contributed by atoms with Gasteiger partial charge in [-0.1, -0.05) is 24.8 Å². The highest BCUT2D eigenvalue weighted by atomic mass is 16.5. The summed E-state index contributed by atoms with van der Waals surface area (Å²) in [6.07, 6.45) is 3.40. The van der Waals surface area contributed by atoms with Crippen LogP contribution in [0.2, 0.25) is 0 Å². The second-order valence-corrected chi connectivity index (χ2v) is 5.11. The van der Waals surface area contributed by atoms with Crippen LogP contribution in [0.15, 0.2) is 36.9 Å². The minimum Gasteiger partial charge on any atom is -0.489 e. The first-order chi connectivity index (χ1) is 10.1. The summed E-state index contributed by atoms with van der Waals surface area (Å²) >= 11 is 0. The fourth-order valence-corrected chi connectivity index (χ4v) is 2.53. The first-order valence-electron chi connectivity index (χ1n) is 6.98. The lowest BCUT2D eigenvalue weighted by Crippen LogP contribution is -2.33. The number of amides is 1. The average Bonchev–Trinajstić information content (AvgIpc) is 2.94. The highest BCUT2D eigenvalue weighted by Gasteiger charge is 2.31. The van der Waals surface area contributed by atoms with Gasteiger partial charge in [-0.25, -0.2) is 0 Å². The van der Waals surface area contributed by atoms with Crippen molar-refractivity contribution in [3.8, 4) is 5.75 Å². The lowest BCUT2D eigenvalue weighted by atomic mass is 10.1. The van der Waals surface area contributed by atoms with E-state index in [1.54, 1.807) is 30.3 Å². The molecule has 0 aromatic heterocycles. The van der Waals surface area contributed by atoms with Crippen LogP contribution in [-0.2, 0) is 4.79 Å². The zero-order chi connectivity index (χ0) is 15.2. The minimum absolute atomic E-state index is 0.0916. The van der Waals surface area contributed by atoms with Crippen molar-refractivity contribution in [2.75, 3.05) is 6.61 Å². The minimum atomic E-state index is -0.790. The maximum absolute atomic E-state index is 12.3. The van der Waals surface area contributed by atoms with E-state index in [1.807, 2.05) is 0 Å². The largest absolute Gasteiger partial charge is 0.489 e. The number of hydrogen-bond acceptors (Lipinski definition) is 3.